The maximum atomic E-state index is 11.6. The molecule has 0 radical (unpaired) electrons. The van der Waals surface area contributed by atoms with Gasteiger partial charge in [0, 0.05) is 12.0 Å². The van der Waals surface area contributed by atoms with Gasteiger partial charge in [-0.25, -0.2) is 4.79 Å². The highest BCUT2D eigenvalue weighted by molar-refractivity contribution is 5.67. The summed E-state index contributed by atoms with van der Waals surface area (Å²) in [5.41, 5.74) is 2.58. The Morgan fingerprint density at radius 2 is 1.77 bits per heavy atom. The van der Waals surface area contributed by atoms with Gasteiger partial charge in [0.15, 0.2) is 0 Å². The lowest BCUT2D eigenvalue weighted by Crippen LogP contribution is -2.39. The van der Waals surface area contributed by atoms with Crippen LogP contribution in [0.25, 0.3) is 0 Å². The summed E-state index contributed by atoms with van der Waals surface area (Å²) in [6.07, 6.45) is 3.78. The van der Waals surface area contributed by atoms with Gasteiger partial charge >= 0.3 is 6.09 Å². The van der Waals surface area contributed by atoms with Crippen molar-refractivity contribution in [3.8, 4) is 5.75 Å². The second-order valence-electron chi connectivity index (χ2n) is 6.78. The van der Waals surface area contributed by atoms with Gasteiger partial charge in [-0.3, -0.25) is 0 Å². The van der Waals surface area contributed by atoms with Crippen LogP contribution >= 0.6 is 0 Å². The third-order valence-electron chi connectivity index (χ3n) is 4.88. The first-order valence-corrected chi connectivity index (χ1v) is 9.43. The molecular formula is C22H27NO3. The molecule has 3 rings (SSSR count). The molecule has 0 heterocycles. The van der Waals surface area contributed by atoms with Gasteiger partial charge in [-0.05, 0) is 49.4 Å². The minimum Gasteiger partial charge on any atom is -0.493 e. The molecule has 1 aliphatic rings. The summed E-state index contributed by atoms with van der Waals surface area (Å²) in [7, 11) is 0. The molecule has 1 N–H and O–H groups in total. The van der Waals surface area contributed by atoms with Crippen molar-refractivity contribution in [1.29, 1.82) is 0 Å². The van der Waals surface area contributed by atoms with Crippen molar-refractivity contribution in [3.63, 3.8) is 0 Å². The van der Waals surface area contributed by atoms with Crippen LogP contribution < -0.4 is 10.1 Å². The van der Waals surface area contributed by atoms with Gasteiger partial charge in [-0.1, -0.05) is 48.9 Å². The number of carbonyl (C=O) groups excluding carboxylic acids is 1. The summed E-state index contributed by atoms with van der Waals surface area (Å²) in [4.78, 5) is 11.6. The number of hydrogen-bond acceptors (Lipinski definition) is 3. The summed E-state index contributed by atoms with van der Waals surface area (Å²) < 4.78 is 11.0. The Hall–Kier alpha value is -2.49. The van der Waals surface area contributed by atoms with E-state index < -0.39 is 0 Å². The maximum Gasteiger partial charge on any atom is 0.407 e. The van der Waals surface area contributed by atoms with E-state index in [9.17, 15) is 4.79 Å². The molecule has 2 aromatic rings. The molecule has 0 unspecified atom stereocenters. The van der Waals surface area contributed by atoms with Crippen molar-refractivity contribution < 1.29 is 14.3 Å². The van der Waals surface area contributed by atoms with Crippen molar-refractivity contribution in [2.75, 3.05) is 13.2 Å². The molecule has 138 valence electrons. The Labute approximate surface area is 155 Å². The first-order chi connectivity index (χ1) is 12.7. The Bertz CT molecular complexity index is 684. The van der Waals surface area contributed by atoms with E-state index in [1.54, 1.807) is 0 Å². The Kier molecular flexibility index (Phi) is 6.53. The van der Waals surface area contributed by atoms with E-state index in [0.717, 1.165) is 31.4 Å². The molecule has 1 saturated carbocycles. The predicted octanol–water partition coefficient (Wildman–Crippen LogP) is 4.57. The van der Waals surface area contributed by atoms with Gasteiger partial charge < -0.3 is 14.8 Å². The third kappa shape index (κ3) is 5.25. The molecule has 1 fully saturated rings. The molecule has 0 saturated heterocycles. The van der Waals surface area contributed by atoms with Crippen LogP contribution in [0.3, 0.4) is 0 Å². The van der Waals surface area contributed by atoms with E-state index >= 15 is 0 Å². The van der Waals surface area contributed by atoms with Crippen molar-refractivity contribution in [2.24, 2.45) is 5.92 Å². The minimum absolute atomic E-state index is 0.145. The van der Waals surface area contributed by atoms with Gasteiger partial charge in [-0.2, -0.15) is 0 Å². The number of carbonyl (C=O) groups is 1. The van der Waals surface area contributed by atoms with Gasteiger partial charge in [0.2, 0.25) is 0 Å². The Morgan fingerprint density at radius 1 is 1.04 bits per heavy atom. The third-order valence-corrected chi connectivity index (χ3v) is 4.88. The number of rotatable bonds is 7. The first kappa shape index (κ1) is 18.3. The van der Waals surface area contributed by atoms with Crippen LogP contribution in [-0.4, -0.2) is 25.3 Å². The van der Waals surface area contributed by atoms with Gasteiger partial charge in [0.05, 0.1) is 13.2 Å². The van der Waals surface area contributed by atoms with Crippen molar-refractivity contribution in [3.05, 3.63) is 65.7 Å². The second kappa shape index (κ2) is 9.27. The summed E-state index contributed by atoms with van der Waals surface area (Å²) in [5, 5.41) is 2.96. The van der Waals surface area contributed by atoms with Crippen LogP contribution in [0.5, 0.6) is 5.75 Å². The molecular weight excluding hydrogens is 326 g/mol. The molecule has 1 aliphatic carbocycles. The molecule has 4 heteroatoms. The van der Waals surface area contributed by atoms with E-state index in [1.165, 1.54) is 11.1 Å². The molecule has 0 bridgehead atoms. The molecule has 26 heavy (non-hydrogen) atoms. The lowest BCUT2D eigenvalue weighted by atomic mass is 10.0. The maximum absolute atomic E-state index is 11.6. The number of amides is 1. The normalized spacial score (nSPS) is 19.1. The molecule has 0 spiro atoms. The first-order valence-electron chi connectivity index (χ1n) is 9.43. The SMILES string of the molecule is CCOC(=O)N[C@@H]1CCC[C@@H]1COc1ccc(Cc2ccccc2)cc1. The lowest BCUT2D eigenvalue weighted by molar-refractivity contribution is 0.141. The lowest BCUT2D eigenvalue weighted by Gasteiger charge is -2.21. The van der Waals surface area contributed by atoms with Crippen LogP contribution in [0.4, 0.5) is 4.79 Å². The van der Waals surface area contributed by atoms with Crippen LogP contribution in [0.2, 0.25) is 0 Å². The fraction of sp³-hybridized carbons (Fsp3) is 0.409. The quantitative estimate of drug-likeness (QED) is 0.793. The van der Waals surface area contributed by atoms with E-state index in [-0.39, 0.29) is 12.1 Å². The number of alkyl carbamates (subject to hydrolysis) is 1. The number of hydrogen-bond donors (Lipinski definition) is 1. The van der Waals surface area contributed by atoms with Crippen LogP contribution in [0.1, 0.15) is 37.3 Å². The topological polar surface area (TPSA) is 47.6 Å². The second-order valence-corrected chi connectivity index (χ2v) is 6.78. The number of ether oxygens (including phenoxy) is 2. The van der Waals surface area contributed by atoms with Crippen LogP contribution in [-0.2, 0) is 11.2 Å². The average Bonchev–Trinajstić information content (AvgIpc) is 3.09. The summed E-state index contributed by atoms with van der Waals surface area (Å²) >= 11 is 0. The fourth-order valence-corrected chi connectivity index (χ4v) is 3.49. The monoisotopic (exact) mass is 353 g/mol. The summed E-state index contributed by atoms with van der Waals surface area (Å²) in [5.74, 6) is 1.21. The number of nitrogens with one attached hydrogen (secondary N) is 1. The Balaban J connectivity index is 1.49. The molecule has 1 amide bonds. The standard InChI is InChI=1S/C22H27NO3/c1-2-25-22(24)23-21-10-6-9-19(21)16-26-20-13-11-18(12-14-20)15-17-7-4-3-5-8-17/h3-5,7-8,11-14,19,21H,2,6,9-10,15-16H2,1H3,(H,23,24)/t19-,21-/m1/s1. The van der Waals surface area contributed by atoms with E-state index in [1.807, 2.05) is 25.1 Å². The van der Waals surface area contributed by atoms with Crippen LogP contribution in [0, 0.1) is 5.92 Å². The van der Waals surface area contributed by atoms with Gasteiger partial charge in [0.25, 0.3) is 0 Å². The van der Waals surface area contributed by atoms with Crippen molar-refractivity contribution >= 4 is 6.09 Å². The van der Waals surface area contributed by atoms with E-state index in [0.29, 0.717) is 19.1 Å². The fourth-order valence-electron chi connectivity index (χ4n) is 3.49. The zero-order valence-corrected chi connectivity index (χ0v) is 15.3. The predicted molar refractivity (Wildman–Crippen MR) is 102 cm³/mol. The van der Waals surface area contributed by atoms with Crippen molar-refractivity contribution in [1.82, 2.24) is 5.32 Å². The minimum atomic E-state index is -0.324. The smallest absolute Gasteiger partial charge is 0.407 e. The molecule has 0 aliphatic heterocycles. The van der Waals surface area contributed by atoms with E-state index in [4.69, 9.17) is 9.47 Å². The number of benzene rings is 2. The Morgan fingerprint density at radius 3 is 2.50 bits per heavy atom. The molecule has 4 nitrogen and oxygen atoms in total. The molecule has 2 aromatic carbocycles. The zero-order valence-electron chi connectivity index (χ0n) is 15.3. The van der Waals surface area contributed by atoms with Gasteiger partial charge in [0.1, 0.15) is 5.75 Å². The van der Waals surface area contributed by atoms with Crippen LogP contribution in [0.15, 0.2) is 54.6 Å². The highest BCUT2D eigenvalue weighted by Crippen LogP contribution is 2.27. The van der Waals surface area contributed by atoms with Crippen molar-refractivity contribution in [2.45, 2.75) is 38.6 Å². The highest BCUT2D eigenvalue weighted by Gasteiger charge is 2.29. The molecule has 0 aromatic heterocycles. The zero-order chi connectivity index (χ0) is 18.2. The average molecular weight is 353 g/mol. The van der Waals surface area contributed by atoms with Gasteiger partial charge in [-0.15, -0.1) is 0 Å². The van der Waals surface area contributed by atoms with E-state index in [2.05, 4.69) is 41.7 Å². The summed E-state index contributed by atoms with van der Waals surface area (Å²) in [6, 6.07) is 18.9. The molecule has 2 atom stereocenters. The largest absolute Gasteiger partial charge is 0.493 e. The summed E-state index contributed by atoms with van der Waals surface area (Å²) in [6.45, 7) is 2.83. The highest BCUT2D eigenvalue weighted by atomic mass is 16.5.